The Labute approximate surface area is 247 Å². The Balaban J connectivity index is 1.38. The highest BCUT2D eigenvalue weighted by Gasteiger charge is 2.33. The molecule has 0 amide bonds. The number of benzene rings is 3. The normalized spacial score (nSPS) is 15.7. The van der Waals surface area contributed by atoms with Crippen molar-refractivity contribution in [2.45, 2.75) is 33.0 Å². The molecule has 7 rings (SSSR count). The minimum Gasteiger partial charge on any atom is -0.439 e. The molecule has 0 atom stereocenters. The minimum absolute atomic E-state index is 0.194. The maximum absolute atomic E-state index is 8.08. The SMILES string of the molecule is [2H]C([2H])([2H])c1ccnc(-n2c3ccccc3c3cnc(Oc4cc([N+]5=C=[N+](C([2H])([2H])[2H])c6ccccc65)cc(C(C)(C)C)c4)cc32)c1. The smallest absolute Gasteiger partial charge is 0.439 e. The van der Waals surface area contributed by atoms with Gasteiger partial charge in [0.15, 0.2) is 6.98 Å². The lowest BCUT2D eigenvalue weighted by Gasteiger charge is -2.20. The van der Waals surface area contributed by atoms with E-state index in [2.05, 4.69) is 36.7 Å². The van der Waals surface area contributed by atoms with E-state index in [4.69, 9.17) is 13.0 Å². The Morgan fingerprint density at radius 1 is 0.854 bits per heavy atom. The molecule has 0 fully saturated rings. The molecule has 6 heteroatoms. The number of fused-ring (bicyclic) bond motifs is 4. The van der Waals surface area contributed by atoms with E-state index < -0.39 is 13.8 Å². The van der Waals surface area contributed by atoms with Crippen molar-refractivity contribution in [3.05, 3.63) is 108 Å². The molecule has 0 saturated carbocycles. The Hall–Kier alpha value is -5.06. The number of pyridine rings is 2. The quantitative estimate of drug-likeness (QED) is 0.210. The third-order valence-electron chi connectivity index (χ3n) is 7.31. The maximum atomic E-state index is 8.08. The molecule has 200 valence electrons. The zero-order valence-electron chi connectivity index (χ0n) is 28.9. The lowest BCUT2D eigenvalue weighted by molar-refractivity contribution is -0.394. The second kappa shape index (κ2) is 9.26. The van der Waals surface area contributed by atoms with E-state index in [-0.39, 0.29) is 11.0 Å². The molecule has 3 aromatic heterocycles. The number of hydrogen-bond donors (Lipinski definition) is 0. The average molecular weight is 544 g/mol. The number of nitrogens with zero attached hydrogens (tertiary/aromatic N) is 5. The zero-order chi connectivity index (χ0) is 33.3. The van der Waals surface area contributed by atoms with E-state index in [0.29, 0.717) is 34.5 Å². The van der Waals surface area contributed by atoms with Gasteiger partial charge in [0.2, 0.25) is 11.6 Å². The monoisotopic (exact) mass is 543 g/mol. The topological polar surface area (TPSA) is 46.0 Å². The number of hydrogen-bond acceptors (Lipinski definition) is 3. The van der Waals surface area contributed by atoms with Crippen LogP contribution >= 0.6 is 0 Å². The van der Waals surface area contributed by atoms with Gasteiger partial charge in [-0.05, 0) is 52.2 Å². The summed E-state index contributed by atoms with van der Waals surface area (Å²) in [5, 5.41) is 1.80. The summed E-state index contributed by atoms with van der Waals surface area (Å²) in [6, 6.07) is 28.9. The molecular weight excluding hydrogens is 506 g/mol. The molecule has 3 aromatic carbocycles. The molecule has 4 heterocycles. The number of rotatable bonds is 4. The molecule has 1 aliphatic rings. The molecule has 0 bridgehead atoms. The molecule has 6 nitrogen and oxygen atoms in total. The number of ether oxygens (including phenoxy) is 1. The third kappa shape index (κ3) is 4.30. The molecule has 0 N–H and O–H groups in total. The maximum Gasteiger partial charge on any atom is 0.496 e. The van der Waals surface area contributed by atoms with Gasteiger partial charge in [-0.25, -0.2) is 9.97 Å². The summed E-state index contributed by atoms with van der Waals surface area (Å²) < 4.78 is 59.3. The molecule has 0 spiro atoms. The first kappa shape index (κ1) is 19.1. The summed E-state index contributed by atoms with van der Waals surface area (Å²) in [6.07, 6.45) is 3.26. The van der Waals surface area contributed by atoms with Crippen LogP contribution in [0.5, 0.6) is 11.6 Å². The fourth-order valence-electron chi connectivity index (χ4n) is 5.26. The summed E-state index contributed by atoms with van der Waals surface area (Å²) in [5.41, 5.74) is 4.42. The van der Waals surface area contributed by atoms with Crippen LogP contribution in [0.25, 0.3) is 27.6 Å². The lowest BCUT2D eigenvalue weighted by atomic mass is 9.86. The van der Waals surface area contributed by atoms with Crippen molar-refractivity contribution in [3.63, 3.8) is 0 Å². The molecule has 0 unspecified atom stereocenters. The first-order valence-electron chi connectivity index (χ1n) is 16.3. The van der Waals surface area contributed by atoms with Gasteiger partial charge in [-0.2, -0.15) is 0 Å². The summed E-state index contributed by atoms with van der Waals surface area (Å²) in [4.78, 5) is 9.20. The van der Waals surface area contributed by atoms with E-state index in [1.165, 1.54) is 16.8 Å². The van der Waals surface area contributed by atoms with Crippen LogP contribution in [0.4, 0.5) is 17.1 Å². The van der Waals surface area contributed by atoms with Gasteiger partial charge in [-0.15, -0.1) is 0 Å². The van der Waals surface area contributed by atoms with Crippen molar-refractivity contribution in [2.24, 2.45) is 0 Å². The minimum atomic E-state index is -2.42. The second-order valence-corrected chi connectivity index (χ2v) is 11.1. The van der Waals surface area contributed by atoms with Crippen LogP contribution in [0.1, 0.15) is 40.1 Å². The van der Waals surface area contributed by atoms with Gasteiger partial charge >= 0.3 is 6.01 Å². The molecular formula is C35H31N5O+2. The standard InChI is InChI=1S/C35H31N5O/c1-23-14-15-36-33(16-23)40-29-11-7-6-10-27(29)28-21-37-34(20-32(28)40)41-26-18-24(35(2,3)4)17-25(19-26)39-22-38(5)30-12-8-9-13-31(30)39/h6-21H,1-5H3/q+2/i1D3,5D3. The average Bonchev–Trinajstić information content (AvgIpc) is 3.57. The van der Waals surface area contributed by atoms with Crippen LogP contribution in [0.15, 0.2) is 97.3 Å². The summed E-state index contributed by atoms with van der Waals surface area (Å²) in [7, 11) is 0. The van der Waals surface area contributed by atoms with Gasteiger partial charge in [-0.3, -0.25) is 4.57 Å². The molecule has 41 heavy (non-hydrogen) atoms. The van der Waals surface area contributed by atoms with E-state index in [1.54, 1.807) is 29.0 Å². The van der Waals surface area contributed by atoms with Crippen LogP contribution in [0.3, 0.4) is 0 Å². The van der Waals surface area contributed by atoms with Crippen LogP contribution in [-0.4, -0.2) is 32.1 Å². The predicted octanol–water partition coefficient (Wildman–Crippen LogP) is 8.27. The molecule has 1 aliphatic heterocycles. The van der Waals surface area contributed by atoms with Gasteiger partial charge in [0.1, 0.15) is 15.7 Å². The van der Waals surface area contributed by atoms with Crippen molar-refractivity contribution in [1.82, 2.24) is 19.1 Å². The van der Waals surface area contributed by atoms with Gasteiger partial charge in [0, 0.05) is 51.5 Å². The van der Waals surface area contributed by atoms with Crippen molar-refractivity contribution >= 4 is 44.9 Å². The lowest BCUT2D eigenvalue weighted by Crippen LogP contribution is -2.12. The molecule has 0 radical (unpaired) electrons. The zero-order valence-corrected chi connectivity index (χ0v) is 22.9. The van der Waals surface area contributed by atoms with Crippen molar-refractivity contribution in [2.75, 3.05) is 6.98 Å². The van der Waals surface area contributed by atoms with Crippen LogP contribution in [0, 0.1) is 6.85 Å². The van der Waals surface area contributed by atoms with Gasteiger partial charge in [-0.1, -0.05) is 55.7 Å². The number of aryl methyl sites for hydroxylation is 1. The van der Waals surface area contributed by atoms with Crippen LogP contribution in [0.2, 0.25) is 0 Å². The van der Waals surface area contributed by atoms with Crippen LogP contribution in [-0.2, 0) is 5.41 Å². The Morgan fingerprint density at radius 2 is 1.68 bits per heavy atom. The van der Waals surface area contributed by atoms with Crippen molar-refractivity contribution in [3.8, 4) is 17.4 Å². The van der Waals surface area contributed by atoms with E-state index in [9.17, 15) is 0 Å². The van der Waals surface area contributed by atoms with Gasteiger partial charge < -0.3 is 4.74 Å². The third-order valence-corrected chi connectivity index (χ3v) is 7.31. The highest BCUT2D eigenvalue weighted by Crippen LogP contribution is 2.38. The first-order valence-corrected chi connectivity index (χ1v) is 13.3. The fraction of sp³-hybridized carbons (Fsp3) is 0.171. The Kier molecular flexibility index (Phi) is 4.31. The highest BCUT2D eigenvalue weighted by molar-refractivity contribution is 6.09. The van der Waals surface area contributed by atoms with E-state index in [0.717, 1.165) is 27.4 Å². The van der Waals surface area contributed by atoms with Crippen LogP contribution < -0.4 is 9.31 Å². The molecule has 0 saturated heterocycles. The summed E-state index contributed by atoms with van der Waals surface area (Å²) >= 11 is 0. The molecule has 0 aliphatic carbocycles. The Bertz CT molecular complexity index is 2290. The molecule has 6 aromatic rings. The highest BCUT2D eigenvalue weighted by atomic mass is 16.5. The summed E-state index contributed by atoms with van der Waals surface area (Å²) in [6.45, 7) is 1.59. The fourth-order valence-corrected chi connectivity index (χ4v) is 5.26. The number of para-hydroxylation sites is 3. The van der Waals surface area contributed by atoms with Gasteiger partial charge in [0.25, 0.3) is 11.4 Å². The first-order chi connectivity index (χ1) is 22.2. The van der Waals surface area contributed by atoms with E-state index >= 15 is 0 Å². The van der Waals surface area contributed by atoms with E-state index in [1.807, 2.05) is 65.2 Å². The number of aromatic nitrogens is 3. The van der Waals surface area contributed by atoms with Crippen molar-refractivity contribution < 1.29 is 17.5 Å². The largest absolute Gasteiger partial charge is 0.496 e. The predicted molar refractivity (Wildman–Crippen MR) is 165 cm³/mol. The van der Waals surface area contributed by atoms with Crippen molar-refractivity contribution in [1.29, 1.82) is 0 Å². The Morgan fingerprint density at radius 3 is 2.51 bits per heavy atom. The van der Waals surface area contributed by atoms with Gasteiger partial charge in [0.05, 0.1) is 17.1 Å². The second-order valence-electron chi connectivity index (χ2n) is 11.1. The summed E-state index contributed by atoms with van der Waals surface area (Å²) in [5.74, 6) is 1.30.